The molecule has 98 valence electrons. The molecular weight excluding hydrogens is 214 g/mol. The van der Waals surface area contributed by atoms with Crippen molar-refractivity contribution < 1.29 is 4.74 Å². The molecule has 1 aromatic heterocycles. The summed E-state index contributed by atoms with van der Waals surface area (Å²) in [4.78, 5) is 4.53. The molecule has 0 amide bonds. The molecule has 4 nitrogen and oxygen atoms in total. The van der Waals surface area contributed by atoms with Gasteiger partial charge in [0.15, 0.2) is 0 Å². The molecule has 1 rings (SSSR count). The van der Waals surface area contributed by atoms with Crippen LogP contribution in [0.2, 0.25) is 0 Å². The number of aromatic nitrogens is 2. The molecule has 2 atom stereocenters. The first-order chi connectivity index (χ1) is 8.08. The largest absolute Gasteiger partial charge is 0.383 e. The summed E-state index contributed by atoms with van der Waals surface area (Å²) >= 11 is 0. The van der Waals surface area contributed by atoms with E-state index in [1.165, 1.54) is 6.42 Å². The zero-order valence-electron chi connectivity index (χ0n) is 11.7. The molecule has 1 heterocycles. The molecule has 0 aliphatic carbocycles. The molecule has 0 aliphatic rings. The van der Waals surface area contributed by atoms with E-state index >= 15 is 0 Å². The quantitative estimate of drug-likeness (QED) is 0.795. The summed E-state index contributed by atoms with van der Waals surface area (Å²) in [5.41, 5.74) is 1.04. The van der Waals surface area contributed by atoms with Gasteiger partial charge in [0.05, 0.1) is 18.3 Å². The van der Waals surface area contributed by atoms with Crippen LogP contribution in [0.25, 0.3) is 0 Å². The van der Waals surface area contributed by atoms with E-state index in [4.69, 9.17) is 4.74 Å². The van der Waals surface area contributed by atoms with Crippen LogP contribution in [0.4, 0.5) is 5.95 Å². The lowest BCUT2D eigenvalue weighted by Crippen LogP contribution is -2.20. The Bertz CT molecular complexity index is 335. The SMILES string of the molecule is CCCC(C)Nc1nc(C)cn1C(C)COC. The fourth-order valence-corrected chi connectivity index (χ4v) is 2.01. The predicted octanol–water partition coefficient (Wildman–Crippen LogP) is 3.00. The fraction of sp³-hybridized carbons (Fsp3) is 0.769. The lowest BCUT2D eigenvalue weighted by molar-refractivity contribution is 0.163. The van der Waals surface area contributed by atoms with Gasteiger partial charge < -0.3 is 14.6 Å². The highest BCUT2D eigenvalue weighted by molar-refractivity contribution is 5.30. The van der Waals surface area contributed by atoms with Crippen molar-refractivity contribution >= 4 is 5.95 Å². The van der Waals surface area contributed by atoms with Crippen LogP contribution in [-0.4, -0.2) is 29.3 Å². The van der Waals surface area contributed by atoms with Crippen LogP contribution in [-0.2, 0) is 4.74 Å². The molecule has 2 unspecified atom stereocenters. The lowest BCUT2D eigenvalue weighted by atomic mass is 10.2. The molecule has 4 heteroatoms. The van der Waals surface area contributed by atoms with E-state index in [0.29, 0.717) is 18.7 Å². The van der Waals surface area contributed by atoms with Gasteiger partial charge in [-0.1, -0.05) is 13.3 Å². The minimum atomic E-state index is 0.303. The molecular formula is C13H25N3O. The predicted molar refractivity (Wildman–Crippen MR) is 71.5 cm³/mol. The summed E-state index contributed by atoms with van der Waals surface area (Å²) < 4.78 is 7.36. The Balaban J connectivity index is 2.76. The van der Waals surface area contributed by atoms with Gasteiger partial charge in [-0.25, -0.2) is 4.98 Å². The van der Waals surface area contributed by atoms with Crippen molar-refractivity contribution in [3.63, 3.8) is 0 Å². The number of aryl methyl sites for hydroxylation is 1. The highest BCUT2D eigenvalue weighted by Gasteiger charge is 2.13. The van der Waals surface area contributed by atoms with E-state index in [1.807, 2.05) is 6.92 Å². The number of nitrogens with zero attached hydrogens (tertiary/aromatic N) is 2. The Labute approximate surface area is 104 Å². The van der Waals surface area contributed by atoms with Crippen molar-refractivity contribution in [3.8, 4) is 0 Å². The smallest absolute Gasteiger partial charge is 0.203 e. The standard InChI is InChI=1S/C13H25N3O/c1-6-7-10(2)14-13-15-11(3)8-16(13)12(4)9-17-5/h8,10,12H,6-7,9H2,1-5H3,(H,14,15). The minimum absolute atomic E-state index is 0.303. The third-order valence-electron chi connectivity index (χ3n) is 2.83. The lowest BCUT2D eigenvalue weighted by Gasteiger charge is -2.19. The molecule has 0 bridgehead atoms. The number of methoxy groups -OCH3 is 1. The molecule has 1 N–H and O–H groups in total. The Morgan fingerprint density at radius 3 is 2.76 bits per heavy atom. The van der Waals surface area contributed by atoms with Crippen LogP contribution in [0.5, 0.6) is 0 Å². The highest BCUT2D eigenvalue weighted by Crippen LogP contribution is 2.17. The third kappa shape index (κ3) is 4.04. The fourth-order valence-electron chi connectivity index (χ4n) is 2.01. The third-order valence-corrected chi connectivity index (χ3v) is 2.83. The van der Waals surface area contributed by atoms with Crippen LogP contribution in [0, 0.1) is 6.92 Å². The Morgan fingerprint density at radius 1 is 1.47 bits per heavy atom. The molecule has 1 aromatic rings. The van der Waals surface area contributed by atoms with E-state index in [0.717, 1.165) is 18.1 Å². The van der Waals surface area contributed by atoms with Crippen molar-refractivity contribution in [2.24, 2.45) is 0 Å². The van der Waals surface area contributed by atoms with Crippen LogP contribution < -0.4 is 5.32 Å². The van der Waals surface area contributed by atoms with Gasteiger partial charge in [0, 0.05) is 19.3 Å². The van der Waals surface area contributed by atoms with Crippen molar-refractivity contribution in [3.05, 3.63) is 11.9 Å². The summed E-state index contributed by atoms with van der Waals surface area (Å²) in [6.45, 7) is 9.25. The number of imidazole rings is 1. The first kappa shape index (κ1) is 14.0. The van der Waals surface area contributed by atoms with Gasteiger partial charge in [-0.15, -0.1) is 0 Å². The van der Waals surface area contributed by atoms with E-state index in [9.17, 15) is 0 Å². The maximum atomic E-state index is 5.20. The Hall–Kier alpha value is -1.03. The molecule has 0 radical (unpaired) electrons. The normalized spacial score (nSPS) is 14.6. The monoisotopic (exact) mass is 239 g/mol. The maximum Gasteiger partial charge on any atom is 0.203 e. The van der Waals surface area contributed by atoms with E-state index in [-0.39, 0.29) is 0 Å². The summed E-state index contributed by atoms with van der Waals surface area (Å²) in [7, 11) is 1.73. The summed E-state index contributed by atoms with van der Waals surface area (Å²) in [6, 6.07) is 0.757. The highest BCUT2D eigenvalue weighted by atomic mass is 16.5. The van der Waals surface area contributed by atoms with Gasteiger partial charge in [0.1, 0.15) is 0 Å². The number of ether oxygens (including phenoxy) is 1. The summed E-state index contributed by atoms with van der Waals surface area (Å²) in [5, 5.41) is 3.47. The first-order valence-electron chi connectivity index (χ1n) is 6.39. The Kier molecular flexibility index (Phi) is 5.48. The second kappa shape index (κ2) is 6.64. The van der Waals surface area contributed by atoms with Crippen molar-refractivity contribution in [2.45, 2.75) is 52.6 Å². The topological polar surface area (TPSA) is 39.1 Å². The molecule has 0 fully saturated rings. The minimum Gasteiger partial charge on any atom is -0.383 e. The Morgan fingerprint density at radius 2 is 2.18 bits per heavy atom. The van der Waals surface area contributed by atoms with Crippen LogP contribution in [0.3, 0.4) is 0 Å². The molecule has 0 aliphatic heterocycles. The van der Waals surface area contributed by atoms with E-state index in [2.05, 4.69) is 41.8 Å². The van der Waals surface area contributed by atoms with Gasteiger partial charge in [0.2, 0.25) is 5.95 Å². The zero-order chi connectivity index (χ0) is 12.8. The number of hydrogen-bond donors (Lipinski definition) is 1. The van der Waals surface area contributed by atoms with Crippen molar-refractivity contribution in [1.82, 2.24) is 9.55 Å². The molecule has 0 aromatic carbocycles. The number of hydrogen-bond acceptors (Lipinski definition) is 3. The molecule has 17 heavy (non-hydrogen) atoms. The van der Waals surface area contributed by atoms with Gasteiger partial charge in [-0.2, -0.15) is 0 Å². The second-order valence-electron chi connectivity index (χ2n) is 4.75. The molecule has 0 spiro atoms. The molecule has 0 saturated carbocycles. The van der Waals surface area contributed by atoms with Gasteiger partial charge in [-0.05, 0) is 27.2 Å². The second-order valence-corrected chi connectivity index (χ2v) is 4.75. The number of rotatable bonds is 7. The van der Waals surface area contributed by atoms with Crippen molar-refractivity contribution in [1.29, 1.82) is 0 Å². The zero-order valence-corrected chi connectivity index (χ0v) is 11.7. The van der Waals surface area contributed by atoms with Crippen LogP contribution >= 0.6 is 0 Å². The van der Waals surface area contributed by atoms with Crippen molar-refractivity contribution in [2.75, 3.05) is 19.0 Å². The van der Waals surface area contributed by atoms with Gasteiger partial charge in [0.25, 0.3) is 0 Å². The van der Waals surface area contributed by atoms with Crippen LogP contribution in [0.1, 0.15) is 45.3 Å². The van der Waals surface area contributed by atoms with E-state index < -0.39 is 0 Å². The van der Waals surface area contributed by atoms with Crippen LogP contribution in [0.15, 0.2) is 6.20 Å². The average molecular weight is 239 g/mol. The number of nitrogens with one attached hydrogen (secondary N) is 1. The van der Waals surface area contributed by atoms with Gasteiger partial charge in [-0.3, -0.25) is 0 Å². The van der Waals surface area contributed by atoms with Gasteiger partial charge >= 0.3 is 0 Å². The summed E-state index contributed by atoms with van der Waals surface area (Å²) in [5.74, 6) is 0.952. The summed E-state index contributed by atoms with van der Waals surface area (Å²) in [6.07, 6.45) is 4.41. The van der Waals surface area contributed by atoms with E-state index in [1.54, 1.807) is 7.11 Å². The first-order valence-corrected chi connectivity index (χ1v) is 6.39. The maximum absolute atomic E-state index is 5.20. The molecule has 0 saturated heterocycles. The average Bonchev–Trinajstić information content (AvgIpc) is 2.60. The number of anilines is 1.